The number of benzene rings is 3. The first-order valence-electron chi connectivity index (χ1n) is 14.2. The van der Waals surface area contributed by atoms with Crippen molar-refractivity contribution in [1.29, 1.82) is 0 Å². The Morgan fingerprint density at radius 3 is 2.14 bits per heavy atom. The summed E-state index contributed by atoms with van der Waals surface area (Å²) in [6.45, 7) is 6.09. The fourth-order valence-electron chi connectivity index (χ4n) is 4.61. The van der Waals surface area contributed by atoms with E-state index in [1.807, 2.05) is 45.0 Å². The summed E-state index contributed by atoms with van der Waals surface area (Å²) in [5.41, 5.74) is 3.73. The number of anilines is 2. The van der Waals surface area contributed by atoms with Crippen LogP contribution >= 0.6 is 0 Å². The van der Waals surface area contributed by atoms with Crippen LogP contribution in [0.15, 0.2) is 72.8 Å². The summed E-state index contributed by atoms with van der Waals surface area (Å²) in [4.78, 5) is 50.0. The van der Waals surface area contributed by atoms with E-state index >= 15 is 0 Å². The molecule has 0 bridgehead atoms. The number of ether oxygens (including phenoxy) is 1. The molecule has 3 rings (SSSR count). The molecule has 2 atom stereocenters. The first kappa shape index (κ1) is 32.7. The maximum Gasteiger partial charge on any atom is 0.323 e. The van der Waals surface area contributed by atoms with Gasteiger partial charge in [-0.25, -0.2) is 4.79 Å². The van der Waals surface area contributed by atoms with Crippen LogP contribution in [0.1, 0.15) is 55.8 Å². The molecular formula is C33H40N4O6. The molecule has 10 nitrogen and oxygen atoms in total. The van der Waals surface area contributed by atoms with Crippen LogP contribution in [-0.4, -0.2) is 36.0 Å². The molecule has 0 aliphatic carbocycles. The Kier molecular flexibility index (Phi) is 12.1. The maximum atomic E-state index is 13.3. The van der Waals surface area contributed by atoms with Crippen LogP contribution in [0.25, 0.3) is 0 Å². The van der Waals surface area contributed by atoms with E-state index in [1.165, 1.54) is 7.11 Å². The summed E-state index contributed by atoms with van der Waals surface area (Å²) in [6, 6.07) is 20.3. The fourth-order valence-corrected chi connectivity index (χ4v) is 4.61. The first-order chi connectivity index (χ1) is 20.5. The molecular weight excluding hydrogens is 548 g/mol. The Bertz CT molecular complexity index is 1390. The van der Waals surface area contributed by atoms with Crippen molar-refractivity contribution in [2.75, 3.05) is 17.7 Å². The molecule has 3 aromatic carbocycles. The Labute approximate surface area is 252 Å². The Hall–Kier alpha value is -4.86. The average Bonchev–Trinajstić information content (AvgIpc) is 2.97. The van der Waals surface area contributed by atoms with Crippen molar-refractivity contribution in [3.8, 4) is 5.75 Å². The molecule has 5 N–H and O–H groups in total. The maximum absolute atomic E-state index is 13.3. The number of para-hydroxylation sites is 1. The van der Waals surface area contributed by atoms with Gasteiger partial charge in [-0.15, -0.1) is 0 Å². The summed E-state index contributed by atoms with van der Waals surface area (Å²) in [7, 11) is 1.54. The van der Waals surface area contributed by atoms with E-state index in [1.54, 1.807) is 48.5 Å². The molecule has 0 spiro atoms. The average molecular weight is 589 g/mol. The Morgan fingerprint density at radius 1 is 0.860 bits per heavy atom. The predicted molar refractivity (Wildman–Crippen MR) is 166 cm³/mol. The minimum atomic E-state index is -1.05. The van der Waals surface area contributed by atoms with Crippen LogP contribution in [0, 0.1) is 18.8 Å². The number of carbonyl (C=O) groups excluding carboxylic acids is 3. The molecule has 0 saturated carbocycles. The molecule has 4 amide bonds. The minimum Gasteiger partial charge on any atom is -0.497 e. The number of carboxylic acid groups (broad SMARTS) is 1. The SMILES string of the molecule is COc1ccc([C@H](CC(=O)O)NC(=O)C(CC(=O)NCc2ccc(NC(=O)Nc3ccccc3C)cc2)CC(C)C)cc1. The van der Waals surface area contributed by atoms with Gasteiger partial charge in [0.15, 0.2) is 0 Å². The Morgan fingerprint density at radius 2 is 1.53 bits per heavy atom. The van der Waals surface area contributed by atoms with Crippen LogP contribution in [0.4, 0.5) is 16.2 Å². The fraction of sp³-hybridized carbons (Fsp3) is 0.333. The van der Waals surface area contributed by atoms with Gasteiger partial charge in [0.1, 0.15) is 5.75 Å². The highest BCUT2D eigenvalue weighted by Gasteiger charge is 2.27. The third kappa shape index (κ3) is 10.8. The van der Waals surface area contributed by atoms with E-state index in [0.29, 0.717) is 23.4 Å². The van der Waals surface area contributed by atoms with Gasteiger partial charge in [-0.3, -0.25) is 14.4 Å². The van der Waals surface area contributed by atoms with Crippen LogP contribution in [-0.2, 0) is 20.9 Å². The number of urea groups is 1. The summed E-state index contributed by atoms with van der Waals surface area (Å²) < 4.78 is 5.17. The van der Waals surface area contributed by atoms with Crippen molar-refractivity contribution in [3.05, 3.63) is 89.5 Å². The molecule has 0 radical (unpaired) electrons. The highest BCUT2D eigenvalue weighted by molar-refractivity contribution is 6.00. The molecule has 0 saturated heterocycles. The smallest absolute Gasteiger partial charge is 0.323 e. The van der Waals surface area contributed by atoms with Crippen molar-refractivity contribution in [1.82, 2.24) is 10.6 Å². The van der Waals surface area contributed by atoms with Crippen LogP contribution < -0.4 is 26.0 Å². The molecule has 0 aliphatic rings. The molecule has 228 valence electrons. The zero-order chi connectivity index (χ0) is 31.4. The molecule has 43 heavy (non-hydrogen) atoms. The zero-order valence-corrected chi connectivity index (χ0v) is 25.0. The summed E-state index contributed by atoms with van der Waals surface area (Å²) in [5.74, 6) is -1.58. The first-order valence-corrected chi connectivity index (χ1v) is 14.2. The second kappa shape index (κ2) is 16.0. The number of carbonyl (C=O) groups is 4. The molecule has 0 fully saturated rings. The van der Waals surface area contributed by atoms with Gasteiger partial charge >= 0.3 is 12.0 Å². The van der Waals surface area contributed by atoms with Crippen molar-refractivity contribution in [3.63, 3.8) is 0 Å². The van der Waals surface area contributed by atoms with Gasteiger partial charge in [0.25, 0.3) is 0 Å². The van der Waals surface area contributed by atoms with E-state index in [9.17, 15) is 24.3 Å². The second-order valence-corrected chi connectivity index (χ2v) is 10.8. The van der Waals surface area contributed by atoms with E-state index in [2.05, 4.69) is 21.3 Å². The van der Waals surface area contributed by atoms with Gasteiger partial charge in [-0.1, -0.05) is 56.3 Å². The number of aliphatic carboxylic acids is 1. The number of hydrogen-bond acceptors (Lipinski definition) is 5. The van der Waals surface area contributed by atoms with Crippen LogP contribution in [0.5, 0.6) is 5.75 Å². The molecule has 0 heterocycles. The number of aryl methyl sites for hydroxylation is 1. The lowest BCUT2D eigenvalue weighted by Crippen LogP contribution is -2.38. The number of carboxylic acids is 1. The van der Waals surface area contributed by atoms with Crippen molar-refractivity contribution < 1.29 is 29.0 Å². The van der Waals surface area contributed by atoms with Crippen molar-refractivity contribution >= 4 is 35.2 Å². The molecule has 10 heteroatoms. The summed E-state index contributed by atoms with van der Waals surface area (Å²) >= 11 is 0. The summed E-state index contributed by atoms with van der Waals surface area (Å²) in [5, 5.41) is 20.7. The number of rotatable bonds is 14. The molecule has 3 aromatic rings. The van der Waals surface area contributed by atoms with E-state index in [4.69, 9.17) is 4.74 Å². The van der Waals surface area contributed by atoms with Gasteiger partial charge in [-0.05, 0) is 66.3 Å². The molecule has 1 unspecified atom stereocenters. The third-order valence-electron chi connectivity index (χ3n) is 6.87. The highest BCUT2D eigenvalue weighted by Crippen LogP contribution is 2.23. The topological polar surface area (TPSA) is 146 Å². The van der Waals surface area contributed by atoms with Gasteiger partial charge in [-0.2, -0.15) is 0 Å². The number of hydrogen-bond donors (Lipinski definition) is 5. The highest BCUT2D eigenvalue weighted by atomic mass is 16.5. The standard InChI is InChI=1S/C33H40N4O6/c1-21(2)17-25(32(41)36-29(19-31(39)40)24-11-15-27(43-4)16-12-24)18-30(38)34-20-23-9-13-26(14-10-23)35-33(42)37-28-8-6-5-7-22(28)3/h5-16,21,25,29H,17-20H2,1-4H3,(H,34,38)(H,36,41)(H,39,40)(H2,35,37,42)/t25?,29-/m0/s1. The minimum absolute atomic E-state index is 0.0366. The van der Waals surface area contributed by atoms with Crippen LogP contribution in [0.3, 0.4) is 0 Å². The van der Waals surface area contributed by atoms with Gasteiger partial charge < -0.3 is 31.1 Å². The van der Waals surface area contributed by atoms with Gasteiger partial charge in [0, 0.05) is 30.3 Å². The van der Waals surface area contributed by atoms with Crippen molar-refractivity contribution in [2.45, 2.75) is 52.6 Å². The Balaban J connectivity index is 1.56. The van der Waals surface area contributed by atoms with Crippen molar-refractivity contribution in [2.24, 2.45) is 11.8 Å². The van der Waals surface area contributed by atoms with E-state index in [0.717, 1.165) is 16.8 Å². The lowest BCUT2D eigenvalue weighted by atomic mass is 9.92. The largest absolute Gasteiger partial charge is 0.497 e. The van der Waals surface area contributed by atoms with Gasteiger partial charge in [0.2, 0.25) is 11.8 Å². The van der Waals surface area contributed by atoms with Gasteiger partial charge in [0.05, 0.1) is 19.6 Å². The predicted octanol–water partition coefficient (Wildman–Crippen LogP) is 5.65. The number of nitrogens with one attached hydrogen (secondary N) is 4. The quantitative estimate of drug-likeness (QED) is 0.165. The lowest BCUT2D eigenvalue weighted by Gasteiger charge is -2.23. The zero-order valence-electron chi connectivity index (χ0n) is 25.0. The summed E-state index contributed by atoms with van der Waals surface area (Å²) in [6.07, 6.45) is 0.134. The molecule has 0 aromatic heterocycles. The monoisotopic (exact) mass is 588 g/mol. The number of amides is 4. The third-order valence-corrected chi connectivity index (χ3v) is 6.87. The normalized spacial score (nSPS) is 12.1. The number of methoxy groups -OCH3 is 1. The second-order valence-electron chi connectivity index (χ2n) is 10.8. The van der Waals surface area contributed by atoms with Crippen LogP contribution in [0.2, 0.25) is 0 Å². The van der Waals surface area contributed by atoms with E-state index < -0.39 is 17.9 Å². The molecule has 0 aliphatic heterocycles. The lowest BCUT2D eigenvalue weighted by molar-refractivity contribution is -0.138. The van der Waals surface area contributed by atoms with E-state index in [-0.39, 0.29) is 43.1 Å².